The summed E-state index contributed by atoms with van der Waals surface area (Å²) in [6.07, 6.45) is 0. The van der Waals surface area contributed by atoms with E-state index in [4.69, 9.17) is 23.2 Å². The number of hydrogen-bond acceptors (Lipinski definition) is 2. The molecular formula is C12H9Cl2NO2S. The number of para-hydroxylation sites is 1. The van der Waals surface area contributed by atoms with Crippen molar-refractivity contribution in [2.45, 2.75) is 4.90 Å². The average Bonchev–Trinajstić information content (AvgIpc) is 2.32. The van der Waals surface area contributed by atoms with E-state index in [0.29, 0.717) is 15.7 Å². The molecule has 0 unspecified atom stereocenters. The maximum atomic E-state index is 12.1. The molecule has 0 saturated carbocycles. The van der Waals surface area contributed by atoms with Gasteiger partial charge < -0.3 is 0 Å². The molecule has 18 heavy (non-hydrogen) atoms. The molecule has 0 spiro atoms. The lowest BCUT2D eigenvalue weighted by Crippen LogP contribution is -2.13. The smallest absolute Gasteiger partial charge is 0.261 e. The third-order valence-corrected chi connectivity index (χ3v) is 4.21. The van der Waals surface area contributed by atoms with Gasteiger partial charge >= 0.3 is 0 Å². The van der Waals surface area contributed by atoms with E-state index in [1.165, 1.54) is 24.3 Å². The van der Waals surface area contributed by atoms with Crippen molar-refractivity contribution < 1.29 is 8.42 Å². The summed E-state index contributed by atoms with van der Waals surface area (Å²) in [5, 5.41) is 0.821. The van der Waals surface area contributed by atoms with Gasteiger partial charge in [0.2, 0.25) is 0 Å². The highest BCUT2D eigenvalue weighted by Gasteiger charge is 2.15. The molecular weight excluding hydrogens is 293 g/mol. The molecule has 94 valence electrons. The van der Waals surface area contributed by atoms with Crippen LogP contribution >= 0.6 is 23.2 Å². The summed E-state index contributed by atoms with van der Waals surface area (Å²) in [5.74, 6) is 0. The Hall–Kier alpha value is -1.23. The molecule has 6 heteroatoms. The lowest BCUT2D eigenvalue weighted by Gasteiger charge is -2.09. The summed E-state index contributed by atoms with van der Waals surface area (Å²) in [6.45, 7) is 0. The Kier molecular flexibility index (Phi) is 3.80. The first-order valence-electron chi connectivity index (χ1n) is 5.02. The quantitative estimate of drug-likeness (QED) is 0.937. The van der Waals surface area contributed by atoms with Gasteiger partial charge in [-0.1, -0.05) is 35.3 Å². The van der Waals surface area contributed by atoms with Crippen LogP contribution in [0.4, 0.5) is 5.69 Å². The van der Waals surface area contributed by atoms with Crippen LogP contribution in [0.2, 0.25) is 10.0 Å². The number of rotatable bonds is 3. The van der Waals surface area contributed by atoms with Crippen LogP contribution in [0.5, 0.6) is 0 Å². The summed E-state index contributed by atoms with van der Waals surface area (Å²) in [4.78, 5) is 0.131. The Morgan fingerprint density at radius 1 is 0.889 bits per heavy atom. The molecule has 0 bridgehead atoms. The van der Waals surface area contributed by atoms with Gasteiger partial charge in [0, 0.05) is 5.02 Å². The zero-order valence-electron chi connectivity index (χ0n) is 9.10. The van der Waals surface area contributed by atoms with Crippen LogP contribution in [0.1, 0.15) is 0 Å². The standard InChI is InChI=1S/C12H9Cl2NO2S/c13-9-5-7-10(8-6-9)18(16,17)15-12-4-2-1-3-11(12)14/h1-8,15H. The van der Waals surface area contributed by atoms with Gasteiger partial charge in [0.1, 0.15) is 0 Å². The van der Waals surface area contributed by atoms with Gasteiger partial charge in [0.05, 0.1) is 15.6 Å². The minimum atomic E-state index is -3.65. The van der Waals surface area contributed by atoms with Crippen LogP contribution in [0.25, 0.3) is 0 Å². The lowest BCUT2D eigenvalue weighted by molar-refractivity contribution is 0.601. The minimum Gasteiger partial charge on any atom is -0.278 e. The van der Waals surface area contributed by atoms with Crippen molar-refractivity contribution in [3.8, 4) is 0 Å². The van der Waals surface area contributed by atoms with Crippen LogP contribution < -0.4 is 4.72 Å². The van der Waals surface area contributed by atoms with E-state index in [1.807, 2.05) is 0 Å². The van der Waals surface area contributed by atoms with Crippen molar-refractivity contribution in [2.75, 3.05) is 4.72 Å². The molecule has 0 radical (unpaired) electrons. The molecule has 1 N–H and O–H groups in total. The van der Waals surface area contributed by atoms with Crippen LogP contribution in [-0.2, 0) is 10.0 Å². The fourth-order valence-electron chi connectivity index (χ4n) is 1.36. The van der Waals surface area contributed by atoms with E-state index in [1.54, 1.807) is 24.3 Å². The monoisotopic (exact) mass is 301 g/mol. The number of halogens is 2. The van der Waals surface area contributed by atoms with E-state index in [9.17, 15) is 8.42 Å². The molecule has 0 aliphatic rings. The molecule has 0 aliphatic carbocycles. The fraction of sp³-hybridized carbons (Fsp3) is 0. The first kappa shape index (κ1) is 13.2. The topological polar surface area (TPSA) is 46.2 Å². The Morgan fingerprint density at radius 3 is 2.11 bits per heavy atom. The first-order valence-corrected chi connectivity index (χ1v) is 7.26. The molecule has 0 heterocycles. The van der Waals surface area contributed by atoms with E-state index in [-0.39, 0.29) is 4.90 Å². The Labute approximate surface area is 115 Å². The van der Waals surface area contributed by atoms with Crippen LogP contribution in [0.3, 0.4) is 0 Å². The molecule has 0 saturated heterocycles. The molecule has 3 nitrogen and oxygen atoms in total. The summed E-state index contributed by atoms with van der Waals surface area (Å²) in [6, 6.07) is 12.5. The molecule has 2 aromatic rings. The highest BCUT2D eigenvalue weighted by Crippen LogP contribution is 2.24. The molecule has 0 aromatic heterocycles. The fourth-order valence-corrected chi connectivity index (χ4v) is 2.81. The van der Waals surface area contributed by atoms with Gasteiger partial charge in [-0.15, -0.1) is 0 Å². The number of sulfonamides is 1. The molecule has 2 rings (SSSR count). The van der Waals surface area contributed by atoms with Crippen molar-refractivity contribution in [1.29, 1.82) is 0 Å². The molecule has 0 atom stereocenters. The maximum Gasteiger partial charge on any atom is 0.261 e. The number of anilines is 1. The molecule has 0 aliphatic heterocycles. The number of hydrogen-bond donors (Lipinski definition) is 1. The van der Waals surface area contributed by atoms with E-state index >= 15 is 0 Å². The highest BCUT2D eigenvalue weighted by atomic mass is 35.5. The number of benzene rings is 2. The highest BCUT2D eigenvalue weighted by molar-refractivity contribution is 7.92. The normalized spacial score (nSPS) is 11.2. The second-order valence-electron chi connectivity index (χ2n) is 3.54. The first-order chi connectivity index (χ1) is 8.49. The minimum absolute atomic E-state index is 0.131. The van der Waals surface area contributed by atoms with Gasteiger partial charge in [-0.05, 0) is 36.4 Å². The number of nitrogens with one attached hydrogen (secondary N) is 1. The van der Waals surface area contributed by atoms with Crippen molar-refractivity contribution in [1.82, 2.24) is 0 Å². The van der Waals surface area contributed by atoms with Crippen molar-refractivity contribution in [3.05, 3.63) is 58.6 Å². The predicted molar refractivity (Wildman–Crippen MR) is 73.7 cm³/mol. The van der Waals surface area contributed by atoms with E-state index in [0.717, 1.165) is 0 Å². The van der Waals surface area contributed by atoms with Crippen molar-refractivity contribution in [3.63, 3.8) is 0 Å². The van der Waals surface area contributed by atoms with Crippen LogP contribution in [0, 0.1) is 0 Å². The summed E-state index contributed by atoms with van der Waals surface area (Å²) >= 11 is 11.6. The van der Waals surface area contributed by atoms with Gasteiger partial charge in [-0.3, -0.25) is 4.72 Å². The predicted octanol–water partition coefficient (Wildman–Crippen LogP) is 3.79. The lowest BCUT2D eigenvalue weighted by atomic mass is 10.3. The maximum absolute atomic E-state index is 12.1. The van der Waals surface area contributed by atoms with Crippen LogP contribution in [-0.4, -0.2) is 8.42 Å². The Morgan fingerprint density at radius 2 is 1.50 bits per heavy atom. The SMILES string of the molecule is O=S(=O)(Nc1ccccc1Cl)c1ccc(Cl)cc1. The Balaban J connectivity index is 2.33. The van der Waals surface area contributed by atoms with Crippen molar-refractivity contribution >= 4 is 38.9 Å². The van der Waals surface area contributed by atoms with Gasteiger partial charge in [-0.25, -0.2) is 8.42 Å². The summed E-state index contributed by atoms with van der Waals surface area (Å²) in [7, 11) is -3.65. The van der Waals surface area contributed by atoms with Gasteiger partial charge in [-0.2, -0.15) is 0 Å². The summed E-state index contributed by atoms with van der Waals surface area (Å²) < 4.78 is 26.5. The zero-order valence-corrected chi connectivity index (χ0v) is 11.4. The van der Waals surface area contributed by atoms with E-state index < -0.39 is 10.0 Å². The second kappa shape index (κ2) is 5.18. The molecule has 2 aromatic carbocycles. The third-order valence-electron chi connectivity index (χ3n) is 2.24. The van der Waals surface area contributed by atoms with Gasteiger partial charge in [0.15, 0.2) is 0 Å². The largest absolute Gasteiger partial charge is 0.278 e. The average molecular weight is 302 g/mol. The van der Waals surface area contributed by atoms with E-state index in [2.05, 4.69) is 4.72 Å². The zero-order chi connectivity index (χ0) is 13.2. The Bertz CT molecular complexity index is 654. The van der Waals surface area contributed by atoms with Crippen LogP contribution in [0.15, 0.2) is 53.4 Å². The second-order valence-corrected chi connectivity index (χ2v) is 6.07. The van der Waals surface area contributed by atoms with Crippen molar-refractivity contribution in [2.24, 2.45) is 0 Å². The third kappa shape index (κ3) is 2.96. The molecule has 0 fully saturated rings. The molecule has 0 amide bonds. The summed E-state index contributed by atoms with van der Waals surface area (Å²) in [5.41, 5.74) is 0.342. The van der Waals surface area contributed by atoms with Gasteiger partial charge in [0.25, 0.3) is 10.0 Å².